The molecule has 0 bridgehead atoms. The highest BCUT2D eigenvalue weighted by molar-refractivity contribution is 5.96. The minimum absolute atomic E-state index is 0.0991. The van der Waals surface area contributed by atoms with E-state index in [0.29, 0.717) is 6.54 Å². The first-order valence-electron chi connectivity index (χ1n) is 8.29. The molecule has 1 N–H and O–H groups in total. The van der Waals surface area contributed by atoms with Gasteiger partial charge in [-0.2, -0.15) is 0 Å². The van der Waals surface area contributed by atoms with E-state index in [0.717, 1.165) is 36.4 Å². The molecule has 0 radical (unpaired) electrons. The van der Waals surface area contributed by atoms with Crippen LogP contribution in [0.5, 0.6) is 5.75 Å². The number of anilines is 1. The van der Waals surface area contributed by atoms with Gasteiger partial charge in [-0.15, -0.1) is 0 Å². The lowest BCUT2D eigenvalue weighted by Gasteiger charge is -2.30. The second-order valence-electron chi connectivity index (χ2n) is 6.03. The number of carbonyl (C=O) groups is 1. The lowest BCUT2D eigenvalue weighted by Crippen LogP contribution is -2.41. The molecular formula is C19H23N3O2. The fourth-order valence-electron chi connectivity index (χ4n) is 3.07. The first kappa shape index (κ1) is 16.5. The molecule has 1 unspecified atom stereocenters. The zero-order valence-electron chi connectivity index (χ0n) is 14.2. The summed E-state index contributed by atoms with van der Waals surface area (Å²) >= 11 is 0. The van der Waals surface area contributed by atoms with Crippen LogP contribution in [0.1, 0.15) is 30.5 Å². The Balaban J connectivity index is 1.66. The fourth-order valence-corrected chi connectivity index (χ4v) is 3.07. The van der Waals surface area contributed by atoms with Gasteiger partial charge in [-0.3, -0.25) is 9.78 Å². The highest BCUT2D eigenvalue weighted by Gasteiger charge is 2.23. The van der Waals surface area contributed by atoms with Crippen LogP contribution in [0.4, 0.5) is 5.69 Å². The number of hydrogen-bond acceptors (Lipinski definition) is 4. The summed E-state index contributed by atoms with van der Waals surface area (Å²) in [6.45, 7) is 3.13. The summed E-state index contributed by atoms with van der Waals surface area (Å²) in [5.74, 6) is 0.939. The SMILES string of the molecule is COc1ccc2c(c1)CCCN2C(=O)CNC(C)c1ccncc1. The molecule has 1 aliphatic heterocycles. The van der Waals surface area contributed by atoms with Gasteiger partial charge in [0, 0.05) is 30.7 Å². The molecule has 0 aliphatic carbocycles. The molecule has 1 atom stereocenters. The largest absolute Gasteiger partial charge is 0.497 e. The van der Waals surface area contributed by atoms with Crippen LogP contribution in [-0.4, -0.2) is 31.1 Å². The second-order valence-corrected chi connectivity index (χ2v) is 6.03. The third-order valence-electron chi connectivity index (χ3n) is 4.47. The number of fused-ring (bicyclic) bond motifs is 1. The average molecular weight is 325 g/mol. The number of pyridine rings is 1. The molecule has 1 amide bonds. The van der Waals surface area contributed by atoms with E-state index >= 15 is 0 Å². The van der Waals surface area contributed by atoms with Crippen molar-refractivity contribution >= 4 is 11.6 Å². The normalized spacial score (nSPS) is 14.8. The molecule has 0 saturated heterocycles. The van der Waals surface area contributed by atoms with E-state index in [1.54, 1.807) is 19.5 Å². The number of hydrogen-bond donors (Lipinski definition) is 1. The summed E-state index contributed by atoms with van der Waals surface area (Å²) in [7, 11) is 1.66. The third kappa shape index (κ3) is 3.57. The Labute approximate surface area is 142 Å². The van der Waals surface area contributed by atoms with E-state index in [9.17, 15) is 4.79 Å². The van der Waals surface area contributed by atoms with Crippen molar-refractivity contribution in [2.75, 3.05) is 25.1 Å². The molecule has 1 aliphatic rings. The summed E-state index contributed by atoms with van der Waals surface area (Å²) in [5, 5.41) is 3.31. The highest BCUT2D eigenvalue weighted by Crippen LogP contribution is 2.30. The summed E-state index contributed by atoms with van der Waals surface area (Å²) in [6.07, 6.45) is 5.50. The predicted octanol–water partition coefficient (Wildman–Crippen LogP) is 2.72. The maximum absolute atomic E-state index is 12.7. The number of amides is 1. The third-order valence-corrected chi connectivity index (χ3v) is 4.47. The van der Waals surface area contributed by atoms with Crippen molar-refractivity contribution in [2.45, 2.75) is 25.8 Å². The van der Waals surface area contributed by atoms with E-state index in [4.69, 9.17) is 4.74 Å². The molecular weight excluding hydrogens is 302 g/mol. The van der Waals surface area contributed by atoms with Crippen LogP contribution < -0.4 is 15.0 Å². The van der Waals surface area contributed by atoms with E-state index in [2.05, 4.69) is 17.2 Å². The maximum Gasteiger partial charge on any atom is 0.240 e. The lowest BCUT2D eigenvalue weighted by atomic mass is 10.0. The van der Waals surface area contributed by atoms with Crippen LogP contribution >= 0.6 is 0 Å². The number of nitrogens with zero attached hydrogens (tertiary/aromatic N) is 2. The maximum atomic E-state index is 12.7. The monoisotopic (exact) mass is 325 g/mol. The van der Waals surface area contributed by atoms with Crippen LogP contribution in [-0.2, 0) is 11.2 Å². The Morgan fingerprint density at radius 2 is 2.12 bits per heavy atom. The van der Waals surface area contributed by atoms with Crippen LogP contribution in [0.15, 0.2) is 42.7 Å². The van der Waals surface area contributed by atoms with Crippen LogP contribution in [0.25, 0.3) is 0 Å². The minimum atomic E-state index is 0.0991. The van der Waals surface area contributed by atoms with Gasteiger partial charge in [-0.25, -0.2) is 0 Å². The molecule has 0 spiro atoms. The molecule has 24 heavy (non-hydrogen) atoms. The van der Waals surface area contributed by atoms with Gasteiger partial charge >= 0.3 is 0 Å². The number of aromatic nitrogens is 1. The Hall–Kier alpha value is -2.40. The molecule has 0 saturated carbocycles. The molecule has 2 heterocycles. The number of aryl methyl sites for hydroxylation is 1. The molecule has 1 aromatic heterocycles. The molecule has 3 rings (SSSR count). The first-order valence-corrected chi connectivity index (χ1v) is 8.29. The van der Waals surface area contributed by atoms with E-state index < -0.39 is 0 Å². The first-order chi connectivity index (χ1) is 11.7. The summed E-state index contributed by atoms with van der Waals surface area (Å²) in [5.41, 5.74) is 3.31. The quantitative estimate of drug-likeness (QED) is 0.918. The summed E-state index contributed by atoms with van der Waals surface area (Å²) in [4.78, 5) is 18.6. The average Bonchev–Trinajstić information content (AvgIpc) is 2.65. The zero-order chi connectivity index (χ0) is 16.9. The number of ether oxygens (including phenoxy) is 1. The highest BCUT2D eigenvalue weighted by atomic mass is 16.5. The molecule has 5 heteroatoms. The van der Waals surface area contributed by atoms with Crippen molar-refractivity contribution in [2.24, 2.45) is 0 Å². The van der Waals surface area contributed by atoms with Gasteiger partial charge in [0.1, 0.15) is 5.75 Å². The van der Waals surface area contributed by atoms with Crippen molar-refractivity contribution in [3.63, 3.8) is 0 Å². The molecule has 2 aromatic rings. The van der Waals surface area contributed by atoms with Gasteiger partial charge in [0.25, 0.3) is 0 Å². The Bertz CT molecular complexity index is 703. The van der Waals surface area contributed by atoms with Crippen molar-refractivity contribution in [3.8, 4) is 5.75 Å². The second kappa shape index (κ2) is 7.45. The van der Waals surface area contributed by atoms with Gasteiger partial charge in [-0.1, -0.05) is 0 Å². The van der Waals surface area contributed by atoms with Gasteiger partial charge in [0.05, 0.1) is 13.7 Å². The topological polar surface area (TPSA) is 54.5 Å². The van der Waals surface area contributed by atoms with Crippen LogP contribution in [0.3, 0.4) is 0 Å². The minimum Gasteiger partial charge on any atom is -0.497 e. The van der Waals surface area contributed by atoms with Crippen LogP contribution in [0, 0.1) is 0 Å². The van der Waals surface area contributed by atoms with Crippen molar-refractivity contribution < 1.29 is 9.53 Å². The zero-order valence-corrected chi connectivity index (χ0v) is 14.2. The molecule has 0 fully saturated rings. The Morgan fingerprint density at radius 3 is 2.88 bits per heavy atom. The van der Waals surface area contributed by atoms with E-state index in [1.807, 2.05) is 35.2 Å². The Kier molecular flexibility index (Phi) is 5.11. The smallest absolute Gasteiger partial charge is 0.240 e. The van der Waals surface area contributed by atoms with Gasteiger partial charge in [0.2, 0.25) is 5.91 Å². The van der Waals surface area contributed by atoms with E-state index in [-0.39, 0.29) is 11.9 Å². The molecule has 5 nitrogen and oxygen atoms in total. The molecule has 1 aromatic carbocycles. The number of nitrogens with one attached hydrogen (secondary N) is 1. The van der Waals surface area contributed by atoms with Gasteiger partial charge in [-0.05, 0) is 61.2 Å². The summed E-state index contributed by atoms with van der Waals surface area (Å²) in [6, 6.07) is 9.96. The number of rotatable bonds is 5. The number of benzene rings is 1. The van der Waals surface area contributed by atoms with E-state index in [1.165, 1.54) is 5.56 Å². The Morgan fingerprint density at radius 1 is 1.33 bits per heavy atom. The number of methoxy groups -OCH3 is 1. The lowest BCUT2D eigenvalue weighted by molar-refractivity contribution is -0.118. The van der Waals surface area contributed by atoms with Gasteiger partial charge < -0.3 is 15.0 Å². The number of carbonyl (C=O) groups excluding carboxylic acids is 1. The van der Waals surface area contributed by atoms with Crippen molar-refractivity contribution in [1.29, 1.82) is 0 Å². The standard InChI is InChI=1S/C19H23N3O2/c1-14(15-7-9-20-10-8-15)21-13-19(23)22-11-3-4-16-12-17(24-2)5-6-18(16)22/h5-10,12,14,21H,3-4,11,13H2,1-2H3. The molecule has 126 valence electrons. The predicted molar refractivity (Wildman–Crippen MR) is 94.3 cm³/mol. The van der Waals surface area contributed by atoms with Crippen molar-refractivity contribution in [3.05, 3.63) is 53.9 Å². The fraction of sp³-hybridized carbons (Fsp3) is 0.368. The summed E-state index contributed by atoms with van der Waals surface area (Å²) < 4.78 is 5.28. The van der Waals surface area contributed by atoms with Crippen molar-refractivity contribution in [1.82, 2.24) is 10.3 Å². The van der Waals surface area contributed by atoms with Gasteiger partial charge in [0.15, 0.2) is 0 Å². The van der Waals surface area contributed by atoms with Crippen LogP contribution in [0.2, 0.25) is 0 Å².